The first kappa shape index (κ1) is 13.1. The molecule has 0 bridgehead atoms. The van der Waals surface area contributed by atoms with Crippen LogP contribution >= 0.6 is 22.9 Å². The lowest BCUT2D eigenvalue weighted by molar-refractivity contribution is 0.0381. The second kappa shape index (κ2) is 4.86. The molecular weight excluding hydrogens is 286 g/mol. The molecule has 2 N–H and O–H groups in total. The Morgan fingerprint density at radius 1 is 1.58 bits per heavy atom. The van der Waals surface area contributed by atoms with Crippen molar-refractivity contribution in [2.75, 3.05) is 25.1 Å². The van der Waals surface area contributed by atoms with Crippen LogP contribution in [0.25, 0.3) is 10.2 Å². The van der Waals surface area contributed by atoms with Crippen LogP contribution in [0.4, 0.5) is 5.82 Å². The summed E-state index contributed by atoms with van der Waals surface area (Å²) in [5.41, 5.74) is -0.825. The van der Waals surface area contributed by atoms with E-state index in [1.807, 2.05) is 13.0 Å². The molecule has 1 aliphatic heterocycles. The van der Waals surface area contributed by atoms with Crippen molar-refractivity contribution in [1.29, 1.82) is 0 Å². The average molecular weight is 300 g/mol. The van der Waals surface area contributed by atoms with Crippen LogP contribution in [0.3, 0.4) is 0 Å². The van der Waals surface area contributed by atoms with Gasteiger partial charge < -0.3 is 15.2 Å². The molecule has 0 aliphatic carbocycles. The van der Waals surface area contributed by atoms with Crippen LogP contribution in [0.2, 0.25) is 5.28 Å². The lowest BCUT2D eigenvalue weighted by Crippen LogP contribution is -2.37. The zero-order valence-electron chi connectivity index (χ0n) is 10.4. The molecule has 1 saturated heterocycles. The van der Waals surface area contributed by atoms with Gasteiger partial charge in [-0.1, -0.05) is 0 Å². The molecule has 3 rings (SSSR count). The molecule has 0 saturated carbocycles. The van der Waals surface area contributed by atoms with Crippen LogP contribution in [-0.2, 0) is 4.74 Å². The number of ether oxygens (including phenoxy) is 1. The largest absolute Gasteiger partial charge is 0.386 e. The second-order valence-electron chi connectivity index (χ2n) is 4.80. The first-order valence-electron chi connectivity index (χ1n) is 6.03. The fraction of sp³-hybridized carbons (Fsp3) is 0.500. The van der Waals surface area contributed by atoms with Crippen LogP contribution in [-0.4, -0.2) is 40.4 Å². The summed E-state index contributed by atoms with van der Waals surface area (Å²) in [6, 6.07) is 2.02. The van der Waals surface area contributed by atoms with Crippen molar-refractivity contribution in [2.45, 2.75) is 18.9 Å². The van der Waals surface area contributed by atoms with Gasteiger partial charge in [0.15, 0.2) is 0 Å². The summed E-state index contributed by atoms with van der Waals surface area (Å²) in [7, 11) is 0. The maximum atomic E-state index is 10.2. The van der Waals surface area contributed by atoms with Gasteiger partial charge in [0.05, 0.1) is 12.0 Å². The number of rotatable bonds is 3. The molecule has 1 unspecified atom stereocenters. The number of hydrogen-bond donors (Lipinski definition) is 2. The Morgan fingerprint density at radius 3 is 3.16 bits per heavy atom. The maximum absolute atomic E-state index is 10.2. The third-order valence-corrected chi connectivity index (χ3v) is 4.27. The van der Waals surface area contributed by atoms with Gasteiger partial charge in [-0.2, -0.15) is 0 Å². The van der Waals surface area contributed by atoms with Crippen LogP contribution < -0.4 is 5.32 Å². The van der Waals surface area contributed by atoms with Crippen molar-refractivity contribution in [2.24, 2.45) is 0 Å². The van der Waals surface area contributed by atoms with E-state index in [9.17, 15) is 5.11 Å². The number of nitrogens with one attached hydrogen (secondary N) is 1. The summed E-state index contributed by atoms with van der Waals surface area (Å²) < 4.78 is 5.22. The van der Waals surface area contributed by atoms with Crippen molar-refractivity contribution in [1.82, 2.24) is 9.97 Å². The Kier molecular flexibility index (Phi) is 3.34. The van der Waals surface area contributed by atoms with E-state index in [-0.39, 0.29) is 5.28 Å². The molecule has 2 aromatic heterocycles. The Morgan fingerprint density at radius 2 is 2.42 bits per heavy atom. The highest BCUT2D eigenvalue weighted by Gasteiger charge is 2.32. The molecule has 3 heterocycles. The van der Waals surface area contributed by atoms with Crippen molar-refractivity contribution in [3.05, 3.63) is 16.2 Å². The zero-order valence-corrected chi connectivity index (χ0v) is 12.0. The number of thiophene rings is 1. The normalized spacial score (nSPS) is 23.1. The Labute approximate surface area is 119 Å². The summed E-state index contributed by atoms with van der Waals surface area (Å²) in [6.45, 7) is 3.35. The fourth-order valence-corrected chi connectivity index (χ4v) is 3.23. The van der Waals surface area contributed by atoms with E-state index in [0.29, 0.717) is 32.0 Å². The number of hydrogen-bond acceptors (Lipinski definition) is 6. The number of aryl methyl sites for hydroxylation is 1. The van der Waals surface area contributed by atoms with Gasteiger partial charge in [-0.25, -0.2) is 9.97 Å². The topological polar surface area (TPSA) is 67.3 Å². The van der Waals surface area contributed by atoms with Crippen molar-refractivity contribution in [3.8, 4) is 0 Å². The van der Waals surface area contributed by atoms with Crippen molar-refractivity contribution in [3.63, 3.8) is 0 Å². The predicted octanol–water partition coefficient (Wildman–Crippen LogP) is 2.22. The van der Waals surface area contributed by atoms with E-state index in [1.165, 1.54) is 0 Å². The van der Waals surface area contributed by atoms with Gasteiger partial charge in [0.1, 0.15) is 16.2 Å². The summed E-state index contributed by atoms with van der Waals surface area (Å²) in [5.74, 6) is 0.666. The number of aliphatic hydroxyl groups is 1. The van der Waals surface area contributed by atoms with E-state index in [4.69, 9.17) is 16.3 Å². The van der Waals surface area contributed by atoms with Crippen LogP contribution in [0, 0.1) is 6.92 Å². The standard InChI is InChI=1S/C12H14ClN3O2S/c1-7-4-8-9(15-11(13)16-10(8)19-7)14-5-12(17)2-3-18-6-12/h4,17H,2-3,5-6H2,1H3,(H,14,15,16). The average Bonchev–Trinajstić information content (AvgIpc) is 2.92. The molecule has 0 radical (unpaired) electrons. The summed E-state index contributed by atoms with van der Waals surface area (Å²) in [5, 5.41) is 14.6. The van der Waals surface area contributed by atoms with Crippen LogP contribution in [0.15, 0.2) is 6.07 Å². The minimum atomic E-state index is -0.825. The Balaban J connectivity index is 1.87. The minimum Gasteiger partial charge on any atom is -0.386 e. The van der Waals surface area contributed by atoms with Gasteiger partial charge in [0.25, 0.3) is 0 Å². The smallest absolute Gasteiger partial charge is 0.225 e. The number of halogens is 1. The van der Waals surface area contributed by atoms with Crippen LogP contribution in [0.5, 0.6) is 0 Å². The minimum absolute atomic E-state index is 0.214. The highest BCUT2D eigenvalue weighted by atomic mass is 35.5. The molecule has 1 atom stereocenters. The molecule has 2 aromatic rings. The summed E-state index contributed by atoms with van der Waals surface area (Å²) in [4.78, 5) is 10.4. The fourth-order valence-electron chi connectivity index (χ4n) is 2.13. The summed E-state index contributed by atoms with van der Waals surface area (Å²) >= 11 is 7.50. The molecule has 7 heteroatoms. The van der Waals surface area contributed by atoms with Gasteiger partial charge in [-0.05, 0) is 24.6 Å². The predicted molar refractivity (Wildman–Crippen MR) is 76.0 cm³/mol. The highest BCUT2D eigenvalue weighted by Crippen LogP contribution is 2.30. The molecule has 5 nitrogen and oxygen atoms in total. The van der Waals surface area contributed by atoms with Crippen molar-refractivity contribution < 1.29 is 9.84 Å². The number of nitrogens with zero attached hydrogens (tertiary/aromatic N) is 2. The maximum Gasteiger partial charge on any atom is 0.225 e. The number of anilines is 1. The van der Waals surface area contributed by atoms with Gasteiger partial charge in [0.2, 0.25) is 5.28 Å². The number of aromatic nitrogens is 2. The first-order valence-corrected chi connectivity index (χ1v) is 7.23. The molecule has 0 aromatic carbocycles. The van der Waals surface area contributed by atoms with E-state index in [0.717, 1.165) is 15.1 Å². The van der Waals surface area contributed by atoms with E-state index in [1.54, 1.807) is 11.3 Å². The molecule has 1 aliphatic rings. The van der Waals surface area contributed by atoms with Gasteiger partial charge in [0, 0.05) is 24.4 Å². The monoisotopic (exact) mass is 299 g/mol. The summed E-state index contributed by atoms with van der Waals surface area (Å²) in [6.07, 6.45) is 0.630. The molecule has 19 heavy (non-hydrogen) atoms. The third-order valence-electron chi connectivity index (χ3n) is 3.16. The molecular formula is C12H14ClN3O2S. The molecule has 0 spiro atoms. The third kappa shape index (κ3) is 2.67. The van der Waals surface area contributed by atoms with Gasteiger partial charge in [-0.15, -0.1) is 11.3 Å². The lowest BCUT2D eigenvalue weighted by atomic mass is 10.0. The zero-order chi connectivity index (χ0) is 13.5. The first-order chi connectivity index (χ1) is 9.06. The molecule has 102 valence electrons. The van der Waals surface area contributed by atoms with Gasteiger partial charge in [-0.3, -0.25) is 0 Å². The SMILES string of the molecule is Cc1cc2c(NCC3(O)CCOC3)nc(Cl)nc2s1. The quantitative estimate of drug-likeness (QED) is 0.851. The van der Waals surface area contributed by atoms with E-state index < -0.39 is 5.60 Å². The van der Waals surface area contributed by atoms with Crippen LogP contribution in [0.1, 0.15) is 11.3 Å². The van der Waals surface area contributed by atoms with E-state index in [2.05, 4.69) is 15.3 Å². The molecule has 0 amide bonds. The lowest BCUT2D eigenvalue weighted by Gasteiger charge is -2.21. The van der Waals surface area contributed by atoms with E-state index >= 15 is 0 Å². The van der Waals surface area contributed by atoms with Crippen molar-refractivity contribution >= 4 is 39.0 Å². The Hall–Kier alpha value is -0.950. The Bertz CT molecular complexity index is 610. The van der Waals surface area contributed by atoms with Gasteiger partial charge >= 0.3 is 0 Å². The second-order valence-corrected chi connectivity index (χ2v) is 6.37. The highest BCUT2D eigenvalue weighted by molar-refractivity contribution is 7.18. The molecule has 1 fully saturated rings. The number of fused-ring (bicyclic) bond motifs is 1.